The van der Waals surface area contributed by atoms with Crippen LogP contribution < -0.4 is 0 Å². The third kappa shape index (κ3) is 4.51. The molecule has 0 spiro atoms. The highest BCUT2D eigenvalue weighted by Gasteiger charge is 2.16. The van der Waals surface area contributed by atoms with Crippen LogP contribution >= 0.6 is 18.6 Å². The lowest BCUT2D eigenvalue weighted by molar-refractivity contribution is 0.237. The van der Waals surface area contributed by atoms with Gasteiger partial charge in [0.15, 0.2) is 0 Å². The summed E-state index contributed by atoms with van der Waals surface area (Å²) in [6.07, 6.45) is 0.851. The van der Waals surface area contributed by atoms with E-state index < -0.39 is 7.38 Å². The quantitative estimate of drug-likeness (QED) is 0.586. The topological polar surface area (TPSA) is 26.3 Å². The van der Waals surface area contributed by atoms with Gasteiger partial charge < -0.3 is 0 Å². The lowest BCUT2D eigenvalue weighted by atomic mass is 10.3. The maximum absolute atomic E-state index is 10.1. The lowest BCUT2D eigenvalue weighted by Gasteiger charge is -1.93. The minimum absolute atomic E-state index is 0.0103. The van der Waals surface area contributed by atoms with E-state index in [-0.39, 0.29) is 6.10 Å². The molecule has 0 aliphatic heterocycles. The van der Waals surface area contributed by atoms with Crippen LogP contribution in [0, 0.1) is 0 Å². The van der Waals surface area contributed by atoms with Crippen molar-refractivity contribution < 1.29 is 9.09 Å². The van der Waals surface area contributed by atoms with Gasteiger partial charge in [0.1, 0.15) is 6.10 Å². The predicted molar refractivity (Wildman–Crippen MR) is 34.3 cm³/mol. The van der Waals surface area contributed by atoms with Gasteiger partial charge in [0.05, 0.1) is 0 Å². The molecule has 0 saturated heterocycles. The summed E-state index contributed by atoms with van der Waals surface area (Å²) in [4.78, 5) is 0. The molecule has 0 aromatic rings. The average molecular weight is 156 g/mol. The zero-order chi connectivity index (χ0) is 6.57. The van der Waals surface area contributed by atoms with Gasteiger partial charge in [-0.1, -0.05) is 6.92 Å². The molecule has 2 atom stereocenters. The Hall–Kier alpha value is 0.350. The standard InChI is InChI=1S/C4H9ClO2P/c1-3-4(2)7-8(5)6/h4H,3H2,1-2H3/q+1. The minimum Gasteiger partial charge on any atom is -0.128 e. The third-order valence-corrected chi connectivity index (χ3v) is 1.60. The molecule has 0 N–H and O–H groups in total. The maximum Gasteiger partial charge on any atom is 0.633 e. The van der Waals surface area contributed by atoms with Crippen molar-refractivity contribution in [1.82, 2.24) is 0 Å². The van der Waals surface area contributed by atoms with E-state index >= 15 is 0 Å². The van der Waals surface area contributed by atoms with Gasteiger partial charge in [-0.25, -0.2) is 0 Å². The van der Waals surface area contributed by atoms with Crippen LogP contribution in [0.15, 0.2) is 0 Å². The first kappa shape index (κ1) is 8.35. The van der Waals surface area contributed by atoms with Crippen LogP contribution in [-0.2, 0) is 9.09 Å². The van der Waals surface area contributed by atoms with Crippen molar-refractivity contribution in [3.05, 3.63) is 0 Å². The first-order valence-corrected chi connectivity index (χ1v) is 4.55. The fraction of sp³-hybridized carbons (Fsp3) is 1.00. The highest BCUT2D eigenvalue weighted by Crippen LogP contribution is 2.30. The normalized spacial score (nSPS) is 15.6. The second-order valence-electron chi connectivity index (χ2n) is 1.54. The molecule has 0 heterocycles. The summed E-state index contributed by atoms with van der Waals surface area (Å²) < 4.78 is 14.8. The van der Waals surface area contributed by atoms with Gasteiger partial charge in [0, 0.05) is 0 Å². The summed E-state index contributed by atoms with van der Waals surface area (Å²) in [6, 6.07) is 0. The Bertz CT molecular complexity index is 86.1. The van der Waals surface area contributed by atoms with E-state index in [4.69, 9.17) is 11.2 Å². The largest absolute Gasteiger partial charge is 0.633 e. The molecule has 0 aliphatic carbocycles. The lowest BCUT2D eigenvalue weighted by Crippen LogP contribution is -1.97. The van der Waals surface area contributed by atoms with Crippen LogP contribution in [0.5, 0.6) is 0 Å². The van der Waals surface area contributed by atoms with Crippen molar-refractivity contribution in [2.45, 2.75) is 26.4 Å². The van der Waals surface area contributed by atoms with Gasteiger partial charge in [0.2, 0.25) is 11.2 Å². The van der Waals surface area contributed by atoms with Crippen LogP contribution in [0.1, 0.15) is 20.3 Å². The van der Waals surface area contributed by atoms with E-state index in [9.17, 15) is 4.57 Å². The highest BCUT2D eigenvalue weighted by atomic mass is 35.7. The van der Waals surface area contributed by atoms with E-state index in [1.54, 1.807) is 0 Å². The van der Waals surface area contributed by atoms with Crippen LogP contribution in [0.4, 0.5) is 0 Å². The first-order chi connectivity index (χ1) is 3.66. The van der Waals surface area contributed by atoms with E-state index in [2.05, 4.69) is 4.52 Å². The zero-order valence-electron chi connectivity index (χ0n) is 4.93. The molecular formula is C4H9ClO2P+. The first-order valence-electron chi connectivity index (χ1n) is 2.46. The second kappa shape index (κ2) is 4.25. The van der Waals surface area contributed by atoms with Crippen LogP contribution in [0.3, 0.4) is 0 Å². The molecule has 0 aliphatic rings. The summed E-state index contributed by atoms with van der Waals surface area (Å²) in [7, 11) is -1.92. The Morgan fingerprint density at radius 3 is 2.50 bits per heavy atom. The van der Waals surface area contributed by atoms with Crippen molar-refractivity contribution in [2.75, 3.05) is 0 Å². The fourth-order valence-corrected chi connectivity index (χ4v) is 1.06. The average Bonchev–Trinajstić information content (AvgIpc) is 1.65. The molecule has 48 valence electrons. The summed E-state index contributed by atoms with van der Waals surface area (Å²) in [5.74, 6) is 0. The monoisotopic (exact) mass is 155 g/mol. The van der Waals surface area contributed by atoms with E-state index in [1.807, 2.05) is 13.8 Å². The van der Waals surface area contributed by atoms with Gasteiger partial charge in [0.25, 0.3) is 0 Å². The SMILES string of the molecule is CCC(C)O[P+](=O)Cl. The highest BCUT2D eigenvalue weighted by molar-refractivity contribution is 7.69. The van der Waals surface area contributed by atoms with Crippen LogP contribution in [0.25, 0.3) is 0 Å². The van der Waals surface area contributed by atoms with E-state index in [0.717, 1.165) is 6.42 Å². The Morgan fingerprint density at radius 1 is 1.88 bits per heavy atom. The summed E-state index contributed by atoms with van der Waals surface area (Å²) >= 11 is 5.04. The molecule has 0 bridgehead atoms. The molecule has 0 saturated carbocycles. The molecule has 0 aromatic heterocycles. The molecular weight excluding hydrogens is 146 g/mol. The molecule has 0 rings (SSSR count). The van der Waals surface area contributed by atoms with Crippen molar-refractivity contribution in [3.63, 3.8) is 0 Å². The molecule has 4 heteroatoms. The van der Waals surface area contributed by atoms with Gasteiger partial charge in [-0.3, -0.25) is 0 Å². The zero-order valence-corrected chi connectivity index (χ0v) is 6.58. The van der Waals surface area contributed by atoms with Crippen molar-refractivity contribution in [1.29, 1.82) is 0 Å². The molecule has 2 unspecified atom stereocenters. The van der Waals surface area contributed by atoms with Gasteiger partial charge in [-0.2, -0.15) is 0 Å². The molecule has 0 radical (unpaired) electrons. The Labute approximate surface area is 54.8 Å². The number of hydrogen-bond donors (Lipinski definition) is 0. The number of rotatable bonds is 3. The van der Waals surface area contributed by atoms with E-state index in [0.29, 0.717) is 0 Å². The molecule has 8 heavy (non-hydrogen) atoms. The number of hydrogen-bond acceptors (Lipinski definition) is 2. The molecule has 0 amide bonds. The van der Waals surface area contributed by atoms with E-state index in [1.165, 1.54) is 0 Å². The smallest absolute Gasteiger partial charge is 0.128 e. The van der Waals surface area contributed by atoms with Gasteiger partial charge in [-0.05, 0) is 17.9 Å². The maximum atomic E-state index is 10.1. The van der Waals surface area contributed by atoms with Crippen LogP contribution in [0.2, 0.25) is 0 Å². The van der Waals surface area contributed by atoms with Crippen molar-refractivity contribution in [2.24, 2.45) is 0 Å². The van der Waals surface area contributed by atoms with Crippen molar-refractivity contribution in [3.8, 4) is 0 Å². The Kier molecular flexibility index (Phi) is 4.44. The molecule has 2 nitrogen and oxygen atoms in total. The fourth-order valence-electron chi connectivity index (χ4n) is 0.216. The second-order valence-corrected chi connectivity index (χ2v) is 3.00. The Balaban J connectivity index is 3.24. The van der Waals surface area contributed by atoms with Crippen LogP contribution in [-0.4, -0.2) is 6.10 Å². The van der Waals surface area contributed by atoms with Gasteiger partial charge >= 0.3 is 7.38 Å². The summed E-state index contributed by atoms with van der Waals surface area (Å²) in [6.45, 7) is 3.77. The molecule has 0 aromatic carbocycles. The minimum atomic E-state index is -1.92. The Morgan fingerprint density at radius 2 is 2.38 bits per heavy atom. The van der Waals surface area contributed by atoms with Crippen molar-refractivity contribution >= 4 is 18.6 Å². The number of halogens is 1. The third-order valence-electron chi connectivity index (χ3n) is 0.838. The molecule has 0 fully saturated rings. The summed E-state index contributed by atoms with van der Waals surface area (Å²) in [5, 5.41) is 0. The predicted octanol–water partition coefficient (Wildman–Crippen LogP) is 2.70. The summed E-state index contributed by atoms with van der Waals surface area (Å²) in [5.41, 5.74) is 0. The van der Waals surface area contributed by atoms with Gasteiger partial charge in [-0.15, -0.1) is 4.52 Å².